The van der Waals surface area contributed by atoms with Crippen LogP contribution >= 0.6 is 11.6 Å². The Labute approximate surface area is 163 Å². The summed E-state index contributed by atoms with van der Waals surface area (Å²) < 4.78 is 13.2. The number of nitrogens with one attached hydrogen (secondary N) is 2. The molecule has 2 rings (SSSR count). The van der Waals surface area contributed by atoms with Gasteiger partial charge in [-0.2, -0.15) is 0 Å². The highest BCUT2D eigenvalue weighted by Gasteiger charge is 2.37. The molecule has 0 atom stereocenters. The maximum atomic E-state index is 13.2. The highest BCUT2D eigenvalue weighted by atomic mass is 35.5. The number of halogens is 2. The molecule has 0 radical (unpaired) electrons. The molecule has 0 bridgehead atoms. The molecule has 8 heteroatoms. The largest absolute Gasteiger partial charge is 0.478 e. The number of piperidine rings is 1. The summed E-state index contributed by atoms with van der Waals surface area (Å²) in [4.78, 5) is 19.1. The van der Waals surface area contributed by atoms with Crippen LogP contribution < -0.4 is 10.6 Å². The SMILES string of the molecule is CC1(C)CC(Nc2ccc(F)c(Cl)c2)CC(C)(C)N1.O=C(O)/C=C/C(=O)O. The zero-order chi connectivity index (χ0) is 20.8. The summed E-state index contributed by atoms with van der Waals surface area (Å²) in [6.07, 6.45) is 3.15. The van der Waals surface area contributed by atoms with Gasteiger partial charge in [-0.3, -0.25) is 0 Å². The van der Waals surface area contributed by atoms with Crippen LogP contribution in [-0.4, -0.2) is 39.3 Å². The Balaban J connectivity index is 0.000000387. The molecule has 0 spiro atoms. The molecular weight excluding hydrogens is 375 g/mol. The molecule has 1 heterocycles. The molecular formula is C19H26ClFN2O4. The summed E-state index contributed by atoms with van der Waals surface area (Å²) in [6.45, 7) is 8.83. The number of carbonyl (C=O) groups is 2. The fraction of sp³-hybridized carbons (Fsp3) is 0.474. The smallest absolute Gasteiger partial charge is 0.328 e. The topological polar surface area (TPSA) is 98.7 Å². The van der Waals surface area contributed by atoms with E-state index in [1.54, 1.807) is 12.1 Å². The Hall–Kier alpha value is -2.12. The molecule has 0 saturated carbocycles. The first-order valence-corrected chi connectivity index (χ1v) is 8.82. The molecule has 150 valence electrons. The van der Waals surface area contributed by atoms with Crippen LogP contribution in [0.3, 0.4) is 0 Å². The highest BCUT2D eigenvalue weighted by molar-refractivity contribution is 6.31. The van der Waals surface area contributed by atoms with Gasteiger partial charge in [-0.05, 0) is 58.7 Å². The van der Waals surface area contributed by atoms with Crippen molar-refractivity contribution in [2.75, 3.05) is 5.32 Å². The lowest BCUT2D eigenvalue weighted by Crippen LogP contribution is -2.60. The van der Waals surface area contributed by atoms with E-state index in [0.29, 0.717) is 18.2 Å². The summed E-state index contributed by atoms with van der Waals surface area (Å²) in [6, 6.07) is 5.15. The van der Waals surface area contributed by atoms with Crippen molar-refractivity contribution in [2.45, 2.75) is 57.7 Å². The molecule has 4 N–H and O–H groups in total. The minimum absolute atomic E-state index is 0.0865. The first-order chi connectivity index (χ1) is 12.3. The fourth-order valence-electron chi connectivity index (χ4n) is 3.39. The Morgan fingerprint density at radius 1 is 1.15 bits per heavy atom. The van der Waals surface area contributed by atoms with Gasteiger partial charge in [0.2, 0.25) is 0 Å². The second-order valence-corrected chi connectivity index (χ2v) is 8.19. The van der Waals surface area contributed by atoms with Crippen LogP contribution in [0.15, 0.2) is 30.4 Å². The third-order valence-corrected chi connectivity index (χ3v) is 4.14. The Morgan fingerprint density at radius 2 is 1.63 bits per heavy atom. The minimum atomic E-state index is -1.26. The highest BCUT2D eigenvalue weighted by Crippen LogP contribution is 2.31. The second kappa shape index (κ2) is 9.19. The minimum Gasteiger partial charge on any atom is -0.478 e. The third kappa shape index (κ3) is 8.88. The van der Waals surface area contributed by atoms with Gasteiger partial charge in [0.1, 0.15) is 5.82 Å². The number of anilines is 1. The third-order valence-electron chi connectivity index (χ3n) is 3.85. The van der Waals surface area contributed by atoms with Gasteiger partial charge in [0.25, 0.3) is 0 Å². The van der Waals surface area contributed by atoms with E-state index in [2.05, 4.69) is 38.3 Å². The second-order valence-electron chi connectivity index (χ2n) is 7.78. The van der Waals surface area contributed by atoms with E-state index >= 15 is 0 Å². The van der Waals surface area contributed by atoms with Gasteiger partial charge in [-0.15, -0.1) is 0 Å². The zero-order valence-corrected chi connectivity index (χ0v) is 16.6. The molecule has 1 aliphatic rings. The van der Waals surface area contributed by atoms with E-state index in [4.69, 9.17) is 21.8 Å². The standard InChI is InChI=1S/C15H22ClFN2.C4H4O4/c1-14(2)8-11(9-15(3,4)19-14)18-10-5-6-13(17)12(16)7-10;5-3(6)1-2-4(7)8/h5-7,11,18-19H,8-9H2,1-4H3;1-2H,(H,5,6)(H,7,8)/b;2-1+. The number of rotatable bonds is 4. The van der Waals surface area contributed by atoms with Crippen LogP contribution in [0.1, 0.15) is 40.5 Å². The molecule has 27 heavy (non-hydrogen) atoms. The first kappa shape index (κ1) is 22.9. The maximum Gasteiger partial charge on any atom is 0.328 e. The molecule has 0 aromatic heterocycles. The van der Waals surface area contributed by atoms with Gasteiger partial charge in [-0.1, -0.05) is 11.6 Å². The number of hydrogen-bond donors (Lipinski definition) is 4. The van der Waals surface area contributed by atoms with Gasteiger partial charge in [0.05, 0.1) is 5.02 Å². The van der Waals surface area contributed by atoms with Crippen molar-refractivity contribution in [3.8, 4) is 0 Å². The molecule has 0 unspecified atom stereocenters. The summed E-state index contributed by atoms with van der Waals surface area (Å²) in [5.41, 5.74) is 1.05. The number of benzene rings is 1. The van der Waals surface area contributed by atoms with E-state index < -0.39 is 11.9 Å². The molecule has 0 aliphatic carbocycles. The first-order valence-electron chi connectivity index (χ1n) is 8.44. The quantitative estimate of drug-likeness (QED) is 0.572. The summed E-state index contributed by atoms with van der Waals surface area (Å²) in [5.74, 6) is -2.89. The average Bonchev–Trinajstić information content (AvgIpc) is 2.46. The van der Waals surface area contributed by atoms with Crippen molar-refractivity contribution in [3.63, 3.8) is 0 Å². The van der Waals surface area contributed by atoms with Gasteiger partial charge in [0, 0.05) is 35.0 Å². The van der Waals surface area contributed by atoms with E-state index in [-0.39, 0.29) is 21.9 Å². The number of carboxylic acid groups (broad SMARTS) is 2. The molecule has 1 fully saturated rings. The van der Waals surface area contributed by atoms with Crippen LogP contribution in [0.2, 0.25) is 5.02 Å². The summed E-state index contributed by atoms with van der Waals surface area (Å²) >= 11 is 5.82. The lowest BCUT2D eigenvalue weighted by Gasteiger charge is -2.47. The Morgan fingerprint density at radius 3 is 2.04 bits per heavy atom. The zero-order valence-electron chi connectivity index (χ0n) is 15.8. The van der Waals surface area contributed by atoms with Crippen LogP contribution in [0.25, 0.3) is 0 Å². The molecule has 1 aliphatic heterocycles. The molecule has 1 aromatic carbocycles. The molecule has 6 nitrogen and oxygen atoms in total. The van der Waals surface area contributed by atoms with Crippen LogP contribution in [-0.2, 0) is 9.59 Å². The van der Waals surface area contributed by atoms with Crippen LogP contribution in [0, 0.1) is 5.82 Å². The van der Waals surface area contributed by atoms with E-state index in [0.717, 1.165) is 18.5 Å². The van der Waals surface area contributed by atoms with Gasteiger partial charge < -0.3 is 20.8 Å². The van der Waals surface area contributed by atoms with E-state index in [1.807, 2.05) is 0 Å². The van der Waals surface area contributed by atoms with Crippen molar-refractivity contribution in [3.05, 3.63) is 41.2 Å². The van der Waals surface area contributed by atoms with Gasteiger partial charge >= 0.3 is 11.9 Å². The Kier molecular flexibility index (Phi) is 7.80. The average molecular weight is 401 g/mol. The van der Waals surface area contributed by atoms with E-state index in [1.165, 1.54) is 6.07 Å². The van der Waals surface area contributed by atoms with E-state index in [9.17, 15) is 14.0 Å². The predicted molar refractivity (Wildman–Crippen MR) is 104 cm³/mol. The number of aliphatic carboxylic acids is 2. The molecule has 1 saturated heterocycles. The monoisotopic (exact) mass is 400 g/mol. The molecule has 1 aromatic rings. The number of carboxylic acids is 2. The summed E-state index contributed by atoms with van der Waals surface area (Å²) in [7, 11) is 0. The van der Waals surface area contributed by atoms with Crippen molar-refractivity contribution < 1.29 is 24.2 Å². The predicted octanol–water partition coefficient (Wildman–Crippen LogP) is 3.91. The fourth-order valence-corrected chi connectivity index (χ4v) is 3.57. The van der Waals surface area contributed by atoms with Crippen molar-refractivity contribution in [2.24, 2.45) is 0 Å². The van der Waals surface area contributed by atoms with Crippen LogP contribution in [0.5, 0.6) is 0 Å². The number of hydrogen-bond acceptors (Lipinski definition) is 4. The lowest BCUT2D eigenvalue weighted by atomic mass is 9.79. The lowest BCUT2D eigenvalue weighted by molar-refractivity contribution is -0.134. The van der Waals surface area contributed by atoms with Gasteiger partial charge in [-0.25, -0.2) is 14.0 Å². The van der Waals surface area contributed by atoms with Crippen molar-refractivity contribution in [1.29, 1.82) is 0 Å². The maximum absolute atomic E-state index is 13.2. The van der Waals surface area contributed by atoms with Gasteiger partial charge in [0.15, 0.2) is 0 Å². The normalized spacial score (nSPS) is 18.4. The van der Waals surface area contributed by atoms with Crippen LogP contribution in [0.4, 0.5) is 10.1 Å². The Bertz CT molecular complexity index is 688. The summed E-state index contributed by atoms with van der Waals surface area (Å²) in [5, 5.41) is 22.9. The molecule has 0 amide bonds. The van der Waals surface area contributed by atoms with Crippen molar-refractivity contribution >= 4 is 29.2 Å². The van der Waals surface area contributed by atoms with Crippen molar-refractivity contribution in [1.82, 2.24) is 5.32 Å².